The van der Waals surface area contributed by atoms with E-state index in [1.807, 2.05) is 38.1 Å². The lowest BCUT2D eigenvalue weighted by atomic mass is 10.2. The Labute approximate surface area is 78.3 Å². The van der Waals surface area contributed by atoms with Gasteiger partial charge in [0.15, 0.2) is 0 Å². The Hall–Kier alpha value is -1.06. The Morgan fingerprint density at radius 2 is 2.08 bits per heavy atom. The molecule has 0 aliphatic heterocycles. The summed E-state index contributed by atoms with van der Waals surface area (Å²) in [7, 11) is 0. The van der Waals surface area contributed by atoms with Gasteiger partial charge in [0.2, 0.25) is 0 Å². The van der Waals surface area contributed by atoms with E-state index >= 15 is 0 Å². The first-order chi connectivity index (χ1) is 6.24. The lowest BCUT2D eigenvalue weighted by Gasteiger charge is -2.13. The number of rotatable bonds is 4. The molecule has 2 N–H and O–H groups in total. The van der Waals surface area contributed by atoms with E-state index in [4.69, 9.17) is 9.94 Å². The first-order valence-corrected chi connectivity index (χ1v) is 4.35. The maximum absolute atomic E-state index is 8.57. The van der Waals surface area contributed by atoms with Crippen LogP contribution in [0.1, 0.15) is 19.4 Å². The molecule has 0 radical (unpaired) electrons. The summed E-state index contributed by atoms with van der Waals surface area (Å²) in [5.41, 5.74) is 3.07. The van der Waals surface area contributed by atoms with Crippen LogP contribution in [0.3, 0.4) is 0 Å². The quantitative estimate of drug-likeness (QED) is 0.697. The number of para-hydroxylation sites is 1. The van der Waals surface area contributed by atoms with Crippen molar-refractivity contribution in [1.82, 2.24) is 5.48 Å². The fourth-order valence-electron chi connectivity index (χ4n) is 1.10. The molecule has 1 aromatic rings. The van der Waals surface area contributed by atoms with E-state index in [1.54, 1.807) is 0 Å². The van der Waals surface area contributed by atoms with Gasteiger partial charge in [-0.15, -0.1) is 0 Å². The van der Waals surface area contributed by atoms with Gasteiger partial charge in [-0.25, -0.2) is 5.48 Å². The van der Waals surface area contributed by atoms with E-state index in [2.05, 4.69) is 5.48 Å². The van der Waals surface area contributed by atoms with Crippen molar-refractivity contribution < 1.29 is 9.94 Å². The van der Waals surface area contributed by atoms with E-state index in [0.29, 0.717) is 6.54 Å². The Bertz CT molecular complexity index is 261. The van der Waals surface area contributed by atoms with Crippen molar-refractivity contribution in [3.8, 4) is 5.75 Å². The number of hydroxylamine groups is 1. The highest BCUT2D eigenvalue weighted by Gasteiger charge is 2.03. The minimum absolute atomic E-state index is 0.153. The van der Waals surface area contributed by atoms with Crippen molar-refractivity contribution in [2.45, 2.75) is 26.5 Å². The zero-order chi connectivity index (χ0) is 9.68. The van der Waals surface area contributed by atoms with Crippen LogP contribution in [0, 0.1) is 0 Å². The maximum atomic E-state index is 8.57. The summed E-state index contributed by atoms with van der Waals surface area (Å²) < 4.78 is 5.55. The minimum Gasteiger partial charge on any atom is -0.491 e. The normalized spacial score (nSPS) is 10.5. The third-order valence-corrected chi connectivity index (χ3v) is 1.60. The van der Waals surface area contributed by atoms with E-state index in [9.17, 15) is 0 Å². The molecule has 1 aromatic carbocycles. The SMILES string of the molecule is CC(C)Oc1ccccc1CNO. The number of hydrogen-bond acceptors (Lipinski definition) is 3. The number of nitrogens with one attached hydrogen (secondary N) is 1. The number of ether oxygens (including phenoxy) is 1. The molecule has 0 spiro atoms. The van der Waals surface area contributed by atoms with Crippen LogP contribution >= 0.6 is 0 Å². The van der Waals surface area contributed by atoms with Crippen LogP contribution in [0.15, 0.2) is 24.3 Å². The van der Waals surface area contributed by atoms with Crippen molar-refractivity contribution in [2.24, 2.45) is 0 Å². The first kappa shape index (κ1) is 10.0. The molecule has 0 aromatic heterocycles. The van der Waals surface area contributed by atoms with Crippen molar-refractivity contribution >= 4 is 0 Å². The molecule has 0 bridgehead atoms. The highest BCUT2D eigenvalue weighted by Crippen LogP contribution is 2.18. The molecule has 0 atom stereocenters. The fourth-order valence-corrected chi connectivity index (χ4v) is 1.10. The number of benzene rings is 1. The average molecular weight is 181 g/mol. The molecular weight excluding hydrogens is 166 g/mol. The Balaban J connectivity index is 2.78. The smallest absolute Gasteiger partial charge is 0.124 e. The zero-order valence-corrected chi connectivity index (χ0v) is 7.95. The second kappa shape index (κ2) is 4.84. The van der Waals surface area contributed by atoms with Gasteiger partial charge in [-0.2, -0.15) is 0 Å². The van der Waals surface area contributed by atoms with Gasteiger partial charge in [0.1, 0.15) is 5.75 Å². The number of hydrogen-bond donors (Lipinski definition) is 2. The van der Waals surface area contributed by atoms with Gasteiger partial charge in [-0.05, 0) is 19.9 Å². The average Bonchev–Trinajstić information content (AvgIpc) is 2.08. The molecule has 0 saturated carbocycles. The second-order valence-corrected chi connectivity index (χ2v) is 3.11. The third kappa shape index (κ3) is 3.05. The molecule has 0 unspecified atom stereocenters. The van der Waals surface area contributed by atoms with Crippen molar-refractivity contribution in [3.05, 3.63) is 29.8 Å². The lowest BCUT2D eigenvalue weighted by Crippen LogP contribution is -2.11. The van der Waals surface area contributed by atoms with E-state index in [0.717, 1.165) is 11.3 Å². The van der Waals surface area contributed by atoms with Crippen LogP contribution in [-0.2, 0) is 6.54 Å². The van der Waals surface area contributed by atoms with Crippen molar-refractivity contribution in [1.29, 1.82) is 0 Å². The molecule has 0 saturated heterocycles. The van der Waals surface area contributed by atoms with Gasteiger partial charge in [0.05, 0.1) is 6.10 Å². The zero-order valence-electron chi connectivity index (χ0n) is 7.95. The van der Waals surface area contributed by atoms with E-state index in [-0.39, 0.29) is 6.10 Å². The van der Waals surface area contributed by atoms with Crippen LogP contribution in [0.25, 0.3) is 0 Å². The highest BCUT2D eigenvalue weighted by atomic mass is 16.5. The van der Waals surface area contributed by atoms with E-state index in [1.165, 1.54) is 0 Å². The molecule has 0 fully saturated rings. The fraction of sp³-hybridized carbons (Fsp3) is 0.400. The standard InChI is InChI=1S/C10H15NO2/c1-8(2)13-10-6-4-3-5-9(10)7-11-12/h3-6,8,11-12H,7H2,1-2H3. The molecule has 0 heterocycles. The summed E-state index contributed by atoms with van der Waals surface area (Å²) in [6.07, 6.45) is 0.153. The van der Waals surface area contributed by atoms with Crippen molar-refractivity contribution in [2.75, 3.05) is 0 Å². The third-order valence-electron chi connectivity index (χ3n) is 1.60. The lowest BCUT2D eigenvalue weighted by molar-refractivity contribution is 0.158. The predicted octanol–water partition coefficient (Wildman–Crippen LogP) is 1.95. The minimum atomic E-state index is 0.153. The largest absolute Gasteiger partial charge is 0.491 e. The summed E-state index contributed by atoms with van der Waals surface area (Å²) in [6, 6.07) is 7.64. The van der Waals surface area contributed by atoms with Crippen molar-refractivity contribution in [3.63, 3.8) is 0 Å². The molecule has 3 nitrogen and oxygen atoms in total. The molecule has 13 heavy (non-hydrogen) atoms. The van der Waals surface area contributed by atoms with Gasteiger partial charge < -0.3 is 9.94 Å². The van der Waals surface area contributed by atoms with Gasteiger partial charge in [0.25, 0.3) is 0 Å². The molecule has 0 aliphatic carbocycles. The monoisotopic (exact) mass is 181 g/mol. The molecule has 0 amide bonds. The molecule has 0 aliphatic rings. The summed E-state index contributed by atoms with van der Waals surface area (Å²) in [4.78, 5) is 0. The summed E-state index contributed by atoms with van der Waals surface area (Å²) in [6.45, 7) is 4.36. The van der Waals surface area contributed by atoms with E-state index < -0.39 is 0 Å². The van der Waals surface area contributed by atoms with Crippen LogP contribution in [-0.4, -0.2) is 11.3 Å². The van der Waals surface area contributed by atoms with Gasteiger partial charge in [-0.3, -0.25) is 0 Å². The summed E-state index contributed by atoms with van der Waals surface area (Å²) >= 11 is 0. The van der Waals surface area contributed by atoms with Crippen LogP contribution in [0.2, 0.25) is 0 Å². The summed E-state index contributed by atoms with van der Waals surface area (Å²) in [5.74, 6) is 0.819. The summed E-state index contributed by atoms with van der Waals surface area (Å²) in [5, 5.41) is 8.57. The molecule has 3 heteroatoms. The molecular formula is C10H15NO2. The first-order valence-electron chi connectivity index (χ1n) is 4.35. The molecule has 72 valence electrons. The van der Waals surface area contributed by atoms with Crippen LogP contribution < -0.4 is 10.2 Å². The van der Waals surface area contributed by atoms with Crippen LogP contribution in [0.5, 0.6) is 5.75 Å². The molecule has 1 rings (SSSR count). The van der Waals surface area contributed by atoms with Gasteiger partial charge in [0, 0.05) is 12.1 Å². The second-order valence-electron chi connectivity index (χ2n) is 3.11. The Morgan fingerprint density at radius 3 is 2.69 bits per heavy atom. The van der Waals surface area contributed by atoms with Gasteiger partial charge >= 0.3 is 0 Å². The maximum Gasteiger partial charge on any atom is 0.124 e. The highest BCUT2D eigenvalue weighted by molar-refractivity contribution is 5.33. The van der Waals surface area contributed by atoms with Gasteiger partial charge in [-0.1, -0.05) is 18.2 Å². The Kier molecular flexibility index (Phi) is 3.73. The Morgan fingerprint density at radius 1 is 1.38 bits per heavy atom. The van der Waals surface area contributed by atoms with Crippen LogP contribution in [0.4, 0.5) is 0 Å². The predicted molar refractivity (Wildman–Crippen MR) is 50.8 cm³/mol. The topological polar surface area (TPSA) is 41.5 Å².